The van der Waals surface area contributed by atoms with E-state index in [2.05, 4.69) is 121 Å². The summed E-state index contributed by atoms with van der Waals surface area (Å²) in [7, 11) is 0. The van der Waals surface area contributed by atoms with Crippen LogP contribution in [0.5, 0.6) is 0 Å². The van der Waals surface area contributed by atoms with Crippen molar-refractivity contribution in [2.75, 3.05) is 0 Å². The van der Waals surface area contributed by atoms with E-state index in [0.717, 1.165) is 33.1 Å². The Bertz CT molecular complexity index is 2090. The van der Waals surface area contributed by atoms with Gasteiger partial charge < -0.3 is 4.42 Å². The Hall–Kier alpha value is -4.88. The fourth-order valence-corrected chi connectivity index (χ4v) is 5.90. The number of rotatable bonds is 2. The molecule has 0 aliphatic rings. The van der Waals surface area contributed by atoms with Crippen LogP contribution in [0.1, 0.15) is 0 Å². The van der Waals surface area contributed by atoms with Crippen LogP contribution in [-0.2, 0) is 0 Å². The molecule has 0 saturated heterocycles. The summed E-state index contributed by atoms with van der Waals surface area (Å²) in [5.41, 5.74) is 6.58. The first-order chi connectivity index (χ1) is 18.3. The Labute approximate surface area is 214 Å². The Kier molecular flexibility index (Phi) is 4.29. The van der Waals surface area contributed by atoms with Crippen molar-refractivity contribution >= 4 is 54.3 Å². The highest BCUT2D eigenvalue weighted by molar-refractivity contribution is 6.25. The van der Waals surface area contributed by atoms with Gasteiger partial charge in [0.25, 0.3) is 0 Å². The summed E-state index contributed by atoms with van der Waals surface area (Å²) in [5, 5.41) is 10.1. The molecule has 8 aromatic rings. The number of fused-ring (bicyclic) bond motifs is 9. The van der Waals surface area contributed by atoms with Crippen LogP contribution in [0.3, 0.4) is 0 Å². The van der Waals surface area contributed by atoms with Gasteiger partial charge in [0, 0.05) is 16.3 Å². The minimum absolute atomic E-state index is 0.928. The van der Waals surface area contributed by atoms with Crippen LogP contribution in [0.4, 0.5) is 0 Å². The summed E-state index contributed by atoms with van der Waals surface area (Å²) in [6, 6.07) is 47.9. The predicted molar refractivity (Wildman–Crippen MR) is 157 cm³/mol. The zero-order valence-electron chi connectivity index (χ0n) is 20.1. The normalized spacial score (nSPS) is 11.8. The second kappa shape index (κ2) is 7.81. The molecule has 37 heavy (non-hydrogen) atoms. The van der Waals surface area contributed by atoms with Gasteiger partial charge in [-0.3, -0.25) is 0 Å². The quantitative estimate of drug-likeness (QED) is 0.229. The van der Waals surface area contributed by atoms with Crippen molar-refractivity contribution in [2.45, 2.75) is 0 Å². The molecule has 1 aromatic heterocycles. The average Bonchev–Trinajstić information content (AvgIpc) is 3.36. The molecule has 0 spiro atoms. The van der Waals surface area contributed by atoms with E-state index in [4.69, 9.17) is 4.42 Å². The van der Waals surface area contributed by atoms with Gasteiger partial charge in [-0.2, -0.15) is 0 Å². The lowest BCUT2D eigenvalue weighted by Crippen LogP contribution is -1.85. The molecule has 0 saturated carbocycles. The Morgan fingerprint density at radius 2 is 0.838 bits per heavy atom. The molecule has 0 radical (unpaired) electrons. The number of para-hydroxylation sites is 2. The first-order valence-corrected chi connectivity index (χ1v) is 12.7. The van der Waals surface area contributed by atoms with Gasteiger partial charge in [-0.25, -0.2) is 0 Å². The molecule has 0 fully saturated rings. The summed E-state index contributed by atoms with van der Waals surface area (Å²) < 4.78 is 6.28. The zero-order valence-corrected chi connectivity index (χ0v) is 20.1. The lowest BCUT2D eigenvalue weighted by molar-refractivity contribution is 0.670. The highest BCUT2D eigenvalue weighted by atomic mass is 16.3. The number of hydrogen-bond acceptors (Lipinski definition) is 1. The van der Waals surface area contributed by atoms with Gasteiger partial charge >= 0.3 is 0 Å². The molecule has 0 bridgehead atoms. The van der Waals surface area contributed by atoms with Crippen molar-refractivity contribution in [3.8, 4) is 22.3 Å². The maximum atomic E-state index is 6.28. The molecule has 0 unspecified atom stereocenters. The van der Waals surface area contributed by atoms with E-state index in [1.807, 2.05) is 12.1 Å². The highest BCUT2D eigenvalue weighted by Crippen LogP contribution is 2.39. The smallest absolute Gasteiger partial charge is 0.143 e. The second-order valence-corrected chi connectivity index (χ2v) is 9.71. The second-order valence-electron chi connectivity index (χ2n) is 9.71. The standard InChI is InChI=1S/C36H22O/c1-2-10-29-27(8-1)28-9-3-4-11-30(28)34-22-25(20-21-31(29)34)23-16-18-24(19-17-23)26-13-7-14-33-32-12-5-6-15-35(32)37-36(26)33/h1-22H. The summed E-state index contributed by atoms with van der Waals surface area (Å²) in [6.45, 7) is 0. The van der Waals surface area contributed by atoms with Crippen molar-refractivity contribution in [2.24, 2.45) is 0 Å². The van der Waals surface area contributed by atoms with Crippen molar-refractivity contribution < 1.29 is 4.42 Å². The van der Waals surface area contributed by atoms with Crippen molar-refractivity contribution in [1.29, 1.82) is 0 Å². The Balaban J connectivity index is 1.28. The summed E-state index contributed by atoms with van der Waals surface area (Å²) >= 11 is 0. The highest BCUT2D eigenvalue weighted by Gasteiger charge is 2.13. The molecule has 0 aliphatic heterocycles. The summed E-state index contributed by atoms with van der Waals surface area (Å²) in [6.07, 6.45) is 0. The third-order valence-corrected chi connectivity index (χ3v) is 7.68. The van der Waals surface area contributed by atoms with Gasteiger partial charge in [-0.05, 0) is 61.1 Å². The minimum Gasteiger partial charge on any atom is -0.455 e. The van der Waals surface area contributed by atoms with Gasteiger partial charge in [0.05, 0.1) is 0 Å². The average molecular weight is 471 g/mol. The monoisotopic (exact) mass is 470 g/mol. The molecule has 1 heterocycles. The van der Waals surface area contributed by atoms with Gasteiger partial charge in [0.15, 0.2) is 0 Å². The lowest BCUT2D eigenvalue weighted by atomic mass is 9.91. The Morgan fingerprint density at radius 3 is 1.54 bits per heavy atom. The molecule has 1 heteroatoms. The lowest BCUT2D eigenvalue weighted by Gasteiger charge is -2.12. The van der Waals surface area contributed by atoms with Gasteiger partial charge in [-0.15, -0.1) is 0 Å². The van der Waals surface area contributed by atoms with Crippen LogP contribution in [0.2, 0.25) is 0 Å². The van der Waals surface area contributed by atoms with Crippen molar-refractivity contribution in [3.05, 3.63) is 133 Å². The van der Waals surface area contributed by atoms with E-state index in [0.29, 0.717) is 0 Å². The van der Waals surface area contributed by atoms with E-state index >= 15 is 0 Å². The fraction of sp³-hybridized carbons (Fsp3) is 0. The SMILES string of the molecule is c1ccc2c(c1)oc1c(-c3ccc(-c4ccc5c6ccccc6c6ccccc6c5c4)cc3)cccc12. The van der Waals surface area contributed by atoms with Crippen LogP contribution in [-0.4, -0.2) is 0 Å². The first kappa shape index (κ1) is 20.3. The summed E-state index contributed by atoms with van der Waals surface area (Å²) in [5.74, 6) is 0. The molecule has 0 amide bonds. The maximum absolute atomic E-state index is 6.28. The molecule has 0 atom stereocenters. The van der Waals surface area contributed by atoms with E-state index < -0.39 is 0 Å². The van der Waals surface area contributed by atoms with Crippen LogP contribution in [0.25, 0.3) is 76.5 Å². The fourth-order valence-electron chi connectivity index (χ4n) is 5.90. The van der Waals surface area contributed by atoms with Gasteiger partial charge in [0.1, 0.15) is 11.2 Å². The zero-order chi connectivity index (χ0) is 24.3. The van der Waals surface area contributed by atoms with E-state index in [9.17, 15) is 0 Å². The Morgan fingerprint density at radius 1 is 0.324 bits per heavy atom. The van der Waals surface area contributed by atoms with Crippen LogP contribution in [0, 0.1) is 0 Å². The van der Waals surface area contributed by atoms with E-state index in [-0.39, 0.29) is 0 Å². The summed E-state index contributed by atoms with van der Waals surface area (Å²) in [4.78, 5) is 0. The van der Waals surface area contributed by atoms with Crippen LogP contribution >= 0.6 is 0 Å². The molecular weight excluding hydrogens is 448 g/mol. The molecule has 0 N–H and O–H groups in total. The van der Waals surface area contributed by atoms with Crippen molar-refractivity contribution in [3.63, 3.8) is 0 Å². The van der Waals surface area contributed by atoms with E-state index in [1.54, 1.807) is 0 Å². The largest absolute Gasteiger partial charge is 0.455 e. The van der Waals surface area contributed by atoms with Gasteiger partial charge in [0.2, 0.25) is 0 Å². The number of furan rings is 1. The topological polar surface area (TPSA) is 13.1 Å². The minimum atomic E-state index is 0.928. The van der Waals surface area contributed by atoms with Crippen molar-refractivity contribution in [1.82, 2.24) is 0 Å². The molecule has 172 valence electrons. The molecule has 1 nitrogen and oxygen atoms in total. The molecule has 0 aliphatic carbocycles. The molecule has 8 rings (SSSR count). The van der Waals surface area contributed by atoms with E-state index in [1.165, 1.54) is 43.4 Å². The third-order valence-electron chi connectivity index (χ3n) is 7.68. The molecule has 7 aromatic carbocycles. The van der Waals surface area contributed by atoms with Crippen LogP contribution < -0.4 is 0 Å². The molecular formula is C36H22O. The van der Waals surface area contributed by atoms with Gasteiger partial charge in [-0.1, -0.05) is 121 Å². The first-order valence-electron chi connectivity index (χ1n) is 12.7. The van der Waals surface area contributed by atoms with Crippen LogP contribution in [0.15, 0.2) is 138 Å². The number of hydrogen-bond donors (Lipinski definition) is 0. The predicted octanol–water partition coefficient (Wildman–Crippen LogP) is 10.4. The number of benzene rings is 7. The maximum Gasteiger partial charge on any atom is 0.143 e. The third kappa shape index (κ3) is 3.04.